The Kier molecular flexibility index (Phi) is 4.28. The largest absolute Gasteiger partial charge is 0.366 e. The zero-order chi connectivity index (χ0) is 14.5. The van der Waals surface area contributed by atoms with Crippen molar-refractivity contribution < 1.29 is 0 Å². The third-order valence-electron chi connectivity index (χ3n) is 3.77. The van der Waals surface area contributed by atoms with Gasteiger partial charge < -0.3 is 10.6 Å². The molecular weight excluding hydrogens is 262 g/mol. The summed E-state index contributed by atoms with van der Waals surface area (Å²) in [5, 5.41) is 6.80. The van der Waals surface area contributed by atoms with E-state index in [-0.39, 0.29) is 0 Å². The van der Waals surface area contributed by atoms with E-state index < -0.39 is 0 Å². The summed E-state index contributed by atoms with van der Waals surface area (Å²) in [5.74, 6) is 1.60. The molecule has 5 heteroatoms. The van der Waals surface area contributed by atoms with Gasteiger partial charge in [0.1, 0.15) is 5.82 Å². The van der Waals surface area contributed by atoms with Crippen LogP contribution in [-0.2, 0) is 6.54 Å². The lowest BCUT2D eigenvalue weighted by molar-refractivity contribution is 0.743. The highest BCUT2D eigenvalue weighted by Crippen LogP contribution is 2.21. The van der Waals surface area contributed by atoms with Crippen molar-refractivity contribution in [2.24, 2.45) is 0 Å². The van der Waals surface area contributed by atoms with Crippen molar-refractivity contribution in [1.82, 2.24) is 15.0 Å². The SMILES string of the molecule is Cc1cc(NCc2ccncc2)nc(NC2CCCC2)n1. The first kappa shape index (κ1) is 13.8. The minimum atomic E-state index is 0.528. The lowest BCUT2D eigenvalue weighted by Gasteiger charge is -2.14. The van der Waals surface area contributed by atoms with Gasteiger partial charge in [0.15, 0.2) is 0 Å². The van der Waals surface area contributed by atoms with Gasteiger partial charge in [-0.25, -0.2) is 4.98 Å². The summed E-state index contributed by atoms with van der Waals surface area (Å²) in [6.45, 7) is 2.74. The minimum Gasteiger partial charge on any atom is -0.366 e. The molecule has 0 aromatic carbocycles. The number of hydrogen-bond acceptors (Lipinski definition) is 5. The van der Waals surface area contributed by atoms with Gasteiger partial charge in [-0.1, -0.05) is 12.8 Å². The third kappa shape index (κ3) is 3.90. The van der Waals surface area contributed by atoms with Crippen LogP contribution in [0.15, 0.2) is 30.6 Å². The molecular formula is C16H21N5. The molecule has 1 saturated carbocycles. The van der Waals surface area contributed by atoms with E-state index in [2.05, 4.69) is 25.6 Å². The Hall–Kier alpha value is -2.17. The Labute approximate surface area is 125 Å². The molecule has 0 amide bonds. The van der Waals surface area contributed by atoms with E-state index in [0.717, 1.165) is 24.0 Å². The first-order valence-electron chi connectivity index (χ1n) is 7.54. The predicted molar refractivity (Wildman–Crippen MR) is 84.2 cm³/mol. The molecule has 2 heterocycles. The van der Waals surface area contributed by atoms with Crippen molar-refractivity contribution in [2.75, 3.05) is 10.6 Å². The topological polar surface area (TPSA) is 62.7 Å². The van der Waals surface area contributed by atoms with E-state index >= 15 is 0 Å². The third-order valence-corrected chi connectivity index (χ3v) is 3.77. The number of pyridine rings is 1. The van der Waals surface area contributed by atoms with E-state index in [1.807, 2.05) is 25.1 Å². The molecule has 0 radical (unpaired) electrons. The van der Waals surface area contributed by atoms with E-state index in [0.29, 0.717) is 6.04 Å². The lowest BCUT2D eigenvalue weighted by Crippen LogP contribution is -2.17. The Morgan fingerprint density at radius 1 is 1.14 bits per heavy atom. The first-order valence-corrected chi connectivity index (χ1v) is 7.54. The summed E-state index contributed by atoms with van der Waals surface area (Å²) < 4.78 is 0. The van der Waals surface area contributed by atoms with Crippen LogP contribution in [0.25, 0.3) is 0 Å². The van der Waals surface area contributed by atoms with Crippen molar-refractivity contribution in [1.29, 1.82) is 0 Å². The van der Waals surface area contributed by atoms with E-state index in [1.165, 1.54) is 31.2 Å². The fourth-order valence-corrected chi connectivity index (χ4v) is 2.67. The second-order valence-corrected chi connectivity index (χ2v) is 5.55. The van der Waals surface area contributed by atoms with Crippen LogP contribution in [0, 0.1) is 6.92 Å². The maximum atomic E-state index is 4.56. The van der Waals surface area contributed by atoms with Gasteiger partial charge in [-0.15, -0.1) is 0 Å². The number of hydrogen-bond donors (Lipinski definition) is 2. The molecule has 110 valence electrons. The van der Waals surface area contributed by atoms with Crippen LogP contribution in [0.5, 0.6) is 0 Å². The summed E-state index contributed by atoms with van der Waals surface area (Å²) in [7, 11) is 0. The van der Waals surface area contributed by atoms with Gasteiger partial charge in [-0.05, 0) is 37.5 Å². The predicted octanol–water partition coefficient (Wildman–Crippen LogP) is 3.15. The van der Waals surface area contributed by atoms with Crippen molar-refractivity contribution in [3.8, 4) is 0 Å². The van der Waals surface area contributed by atoms with Crippen LogP contribution >= 0.6 is 0 Å². The van der Waals surface area contributed by atoms with Crippen molar-refractivity contribution in [3.63, 3.8) is 0 Å². The van der Waals surface area contributed by atoms with Crippen LogP contribution in [-0.4, -0.2) is 21.0 Å². The maximum absolute atomic E-state index is 4.56. The highest BCUT2D eigenvalue weighted by molar-refractivity contribution is 5.43. The molecule has 0 spiro atoms. The zero-order valence-corrected chi connectivity index (χ0v) is 12.3. The second-order valence-electron chi connectivity index (χ2n) is 5.55. The molecule has 3 rings (SSSR count). The molecule has 1 aliphatic carbocycles. The second kappa shape index (κ2) is 6.52. The molecule has 2 aromatic rings. The molecule has 0 saturated heterocycles. The van der Waals surface area contributed by atoms with E-state index in [4.69, 9.17) is 0 Å². The molecule has 0 atom stereocenters. The normalized spacial score (nSPS) is 15.1. The Bertz CT molecular complexity index is 578. The maximum Gasteiger partial charge on any atom is 0.225 e. The molecule has 21 heavy (non-hydrogen) atoms. The van der Waals surface area contributed by atoms with Gasteiger partial charge in [0.25, 0.3) is 0 Å². The number of aryl methyl sites for hydroxylation is 1. The number of nitrogens with zero attached hydrogens (tertiary/aromatic N) is 3. The average Bonchev–Trinajstić information content (AvgIpc) is 2.99. The minimum absolute atomic E-state index is 0.528. The molecule has 1 fully saturated rings. The monoisotopic (exact) mass is 283 g/mol. The Morgan fingerprint density at radius 2 is 1.90 bits per heavy atom. The lowest BCUT2D eigenvalue weighted by atomic mass is 10.2. The molecule has 1 aliphatic rings. The average molecular weight is 283 g/mol. The van der Waals surface area contributed by atoms with Gasteiger partial charge in [-0.3, -0.25) is 4.98 Å². The van der Waals surface area contributed by atoms with E-state index in [9.17, 15) is 0 Å². The quantitative estimate of drug-likeness (QED) is 0.882. The van der Waals surface area contributed by atoms with Crippen LogP contribution in [0.1, 0.15) is 36.9 Å². The summed E-state index contributed by atoms with van der Waals surface area (Å²) in [6, 6.07) is 6.50. The van der Waals surface area contributed by atoms with Crippen molar-refractivity contribution in [3.05, 3.63) is 41.9 Å². The molecule has 5 nitrogen and oxygen atoms in total. The Morgan fingerprint density at radius 3 is 2.67 bits per heavy atom. The van der Waals surface area contributed by atoms with Gasteiger partial charge in [-0.2, -0.15) is 4.98 Å². The highest BCUT2D eigenvalue weighted by Gasteiger charge is 2.15. The van der Waals surface area contributed by atoms with Gasteiger partial charge in [0.2, 0.25) is 5.95 Å². The van der Waals surface area contributed by atoms with Gasteiger partial charge >= 0.3 is 0 Å². The molecule has 0 aliphatic heterocycles. The number of anilines is 2. The summed E-state index contributed by atoms with van der Waals surface area (Å²) >= 11 is 0. The van der Waals surface area contributed by atoms with Gasteiger partial charge in [0, 0.05) is 36.7 Å². The van der Waals surface area contributed by atoms with Crippen molar-refractivity contribution >= 4 is 11.8 Å². The number of aromatic nitrogens is 3. The molecule has 0 unspecified atom stereocenters. The Balaban J connectivity index is 1.65. The summed E-state index contributed by atoms with van der Waals surface area (Å²) in [5.41, 5.74) is 2.16. The number of rotatable bonds is 5. The summed E-state index contributed by atoms with van der Waals surface area (Å²) in [6.07, 6.45) is 8.64. The number of nitrogens with one attached hydrogen (secondary N) is 2. The standard InChI is InChI=1S/C16H21N5/c1-12-10-15(18-11-13-6-8-17-9-7-13)21-16(19-12)20-14-4-2-3-5-14/h6-10,14H,2-5,11H2,1H3,(H2,18,19,20,21). The fraction of sp³-hybridized carbons (Fsp3) is 0.438. The fourth-order valence-electron chi connectivity index (χ4n) is 2.67. The summed E-state index contributed by atoms with van der Waals surface area (Å²) in [4.78, 5) is 13.1. The highest BCUT2D eigenvalue weighted by atomic mass is 15.2. The molecule has 0 bridgehead atoms. The van der Waals surface area contributed by atoms with Crippen LogP contribution < -0.4 is 10.6 Å². The van der Waals surface area contributed by atoms with Crippen molar-refractivity contribution in [2.45, 2.75) is 45.2 Å². The van der Waals surface area contributed by atoms with Gasteiger partial charge in [0.05, 0.1) is 0 Å². The first-order chi connectivity index (χ1) is 10.3. The van der Waals surface area contributed by atoms with Crippen LogP contribution in [0.3, 0.4) is 0 Å². The molecule has 2 aromatic heterocycles. The molecule has 2 N–H and O–H groups in total. The van der Waals surface area contributed by atoms with Crippen LogP contribution in [0.2, 0.25) is 0 Å². The van der Waals surface area contributed by atoms with Crippen LogP contribution in [0.4, 0.5) is 11.8 Å². The smallest absolute Gasteiger partial charge is 0.225 e. The zero-order valence-electron chi connectivity index (χ0n) is 12.3. The van der Waals surface area contributed by atoms with E-state index in [1.54, 1.807) is 12.4 Å².